The van der Waals surface area contributed by atoms with E-state index in [2.05, 4.69) is 31.8 Å². The number of hydrogen-bond donors (Lipinski definition) is 1. The van der Waals surface area contributed by atoms with Gasteiger partial charge in [-0.3, -0.25) is 29.3 Å². The van der Waals surface area contributed by atoms with Crippen molar-refractivity contribution in [1.29, 1.82) is 0 Å². The average Bonchev–Trinajstić information content (AvgIpc) is 3.47. The Hall–Kier alpha value is -6.71. The topological polar surface area (TPSA) is 158 Å². The Kier molecular flexibility index (Phi) is 11.6. The van der Waals surface area contributed by atoms with Gasteiger partial charge in [0.25, 0.3) is 17.7 Å². The maximum Gasteiger partial charge on any atom is 0.257 e. The van der Waals surface area contributed by atoms with Gasteiger partial charge in [0.2, 0.25) is 0 Å². The number of ether oxygens (including phenoxy) is 5. The molecule has 0 unspecified atom stereocenters. The predicted octanol–water partition coefficient (Wildman–Crippen LogP) is 7.35. The van der Waals surface area contributed by atoms with E-state index in [-0.39, 0.29) is 50.3 Å². The van der Waals surface area contributed by atoms with Crippen LogP contribution in [0.5, 0.6) is 23.0 Å². The summed E-state index contributed by atoms with van der Waals surface area (Å²) in [5.74, 6) is 0.854. The fraction of sp³-hybridized carbons (Fsp3) is 0.327. The van der Waals surface area contributed by atoms with Crippen molar-refractivity contribution >= 4 is 49.1 Å². The van der Waals surface area contributed by atoms with Crippen molar-refractivity contribution < 1.29 is 38.1 Å². The molecule has 9 rings (SSSR count). The van der Waals surface area contributed by atoms with Crippen LogP contribution in [0.1, 0.15) is 54.4 Å². The molecule has 0 saturated heterocycles. The minimum atomic E-state index is -1.42. The number of aromatic nitrogens is 1. The van der Waals surface area contributed by atoms with Crippen LogP contribution in [0, 0.1) is 0 Å². The monoisotopic (exact) mass is 880 g/mol. The van der Waals surface area contributed by atoms with Crippen molar-refractivity contribution in [3.8, 4) is 23.0 Å². The molecule has 3 amide bonds. The van der Waals surface area contributed by atoms with Gasteiger partial charge in [-0.05, 0) is 71.1 Å². The van der Waals surface area contributed by atoms with Crippen molar-refractivity contribution in [2.75, 3.05) is 38.2 Å². The number of hydrogen-bond acceptors (Lipinski definition) is 11. The first-order valence-corrected chi connectivity index (χ1v) is 25.2. The number of pyridine rings is 1. The number of amides is 3. The van der Waals surface area contributed by atoms with Crippen LogP contribution in [0.25, 0.3) is 0 Å². The van der Waals surface area contributed by atoms with Crippen LogP contribution in [0.2, 0.25) is 25.7 Å². The van der Waals surface area contributed by atoms with Gasteiger partial charge in [-0.15, -0.1) is 0 Å². The van der Waals surface area contributed by atoms with Crippen LogP contribution in [-0.2, 0) is 48.7 Å². The zero-order chi connectivity index (χ0) is 44.7. The van der Waals surface area contributed by atoms with Gasteiger partial charge in [-0.25, -0.2) is 0 Å². The Morgan fingerprint density at radius 3 is 2.08 bits per heavy atom. The number of nitrogen functional groups attached to an aromatic ring is 1. The molecule has 0 spiro atoms. The number of carbonyl (C=O) groups excluding carboxylic acids is 3. The largest absolute Gasteiger partial charge is 0.493 e. The minimum absolute atomic E-state index is 0.0245. The van der Waals surface area contributed by atoms with E-state index in [0.29, 0.717) is 88.6 Å². The lowest BCUT2D eigenvalue weighted by Crippen LogP contribution is -2.52. The van der Waals surface area contributed by atoms with Crippen LogP contribution in [0.15, 0.2) is 89.9 Å². The van der Waals surface area contributed by atoms with Gasteiger partial charge in [-0.1, -0.05) is 56.0 Å². The lowest BCUT2D eigenvalue weighted by Gasteiger charge is -2.35. The third kappa shape index (κ3) is 8.52. The van der Waals surface area contributed by atoms with Gasteiger partial charge < -0.3 is 39.2 Å². The zero-order valence-corrected chi connectivity index (χ0v) is 37.8. The molecule has 2 N–H and O–H groups in total. The number of carbonyl (C=O) groups is 3. The van der Waals surface area contributed by atoms with Crippen LogP contribution < -0.4 is 29.6 Å². The molecular weight excluding hydrogens is 829 g/mol. The number of rotatable bonds is 13. The van der Waals surface area contributed by atoms with Gasteiger partial charge >= 0.3 is 0 Å². The summed E-state index contributed by atoms with van der Waals surface area (Å²) < 4.78 is 30.3. The van der Waals surface area contributed by atoms with Crippen LogP contribution in [-0.4, -0.2) is 86.4 Å². The van der Waals surface area contributed by atoms with Crippen molar-refractivity contribution in [3.05, 3.63) is 130 Å². The van der Waals surface area contributed by atoms with Gasteiger partial charge in [0, 0.05) is 58.2 Å². The van der Waals surface area contributed by atoms with E-state index in [1.165, 1.54) is 12.7 Å². The summed E-state index contributed by atoms with van der Waals surface area (Å²) in [6.07, 6.45) is 2.90. The number of methoxy groups -OCH3 is 2. The van der Waals surface area contributed by atoms with Crippen molar-refractivity contribution in [1.82, 2.24) is 14.8 Å². The zero-order valence-electron chi connectivity index (χ0n) is 36.8. The average molecular weight is 881 g/mol. The number of aliphatic imine (C=N–C) groups is 1. The first kappa shape index (κ1) is 42.6. The molecule has 5 heterocycles. The van der Waals surface area contributed by atoms with E-state index >= 15 is 0 Å². The molecule has 0 bridgehead atoms. The molecule has 1 aromatic heterocycles. The molecule has 15 heteroatoms. The summed E-state index contributed by atoms with van der Waals surface area (Å²) in [6, 6.07) is 26.1. The summed E-state index contributed by atoms with van der Waals surface area (Å²) in [5.41, 5.74) is 13.9. The van der Waals surface area contributed by atoms with E-state index < -0.39 is 14.1 Å². The minimum Gasteiger partial charge on any atom is -0.493 e. The smallest absolute Gasteiger partial charge is 0.257 e. The van der Waals surface area contributed by atoms with E-state index in [4.69, 9.17) is 39.4 Å². The third-order valence-corrected chi connectivity index (χ3v) is 14.0. The molecule has 14 nitrogen and oxygen atoms in total. The normalized spacial score (nSPS) is 17.6. The highest BCUT2D eigenvalue weighted by molar-refractivity contribution is 6.76. The number of benzene rings is 4. The molecule has 0 fully saturated rings. The molecule has 64 heavy (non-hydrogen) atoms. The van der Waals surface area contributed by atoms with Gasteiger partial charge in [0.15, 0.2) is 23.0 Å². The first-order valence-electron chi connectivity index (χ1n) is 21.5. The lowest BCUT2D eigenvalue weighted by molar-refractivity contribution is -0.124. The van der Waals surface area contributed by atoms with Crippen LogP contribution >= 0.6 is 0 Å². The Morgan fingerprint density at radius 2 is 1.36 bits per heavy atom. The maximum atomic E-state index is 14.5. The molecule has 4 aliphatic rings. The van der Waals surface area contributed by atoms with Gasteiger partial charge in [-0.2, -0.15) is 0 Å². The number of fused-ring (bicyclic) bond motifs is 6. The Labute approximate surface area is 373 Å². The predicted molar refractivity (Wildman–Crippen MR) is 246 cm³/mol. The highest BCUT2D eigenvalue weighted by Gasteiger charge is 2.43. The van der Waals surface area contributed by atoms with Gasteiger partial charge in [0.1, 0.15) is 26.0 Å². The number of nitrogens with two attached hydrogens (primary N) is 1. The van der Waals surface area contributed by atoms with Crippen molar-refractivity contribution in [2.24, 2.45) is 4.99 Å². The molecule has 4 aliphatic heterocycles. The molecule has 5 aromatic rings. The summed E-state index contributed by atoms with van der Waals surface area (Å²) >= 11 is 0. The second kappa shape index (κ2) is 17.5. The molecule has 4 aromatic carbocycles. The quantitative estimate of drug-likeness (QED) is 0.0721. The highest BCUT2D eigenvalue weighted by Crippen LogP contribution is 2.42. The summed E-state index contributed by atoms with van der Waals surface area (Å²) in [4.78, 5) is 57.5. The van der Waals surface area contributed by atoms with E-state index in [9.17, 15) is 14.4 Å². The maximum absolute atomic E-state index is 14.5. The van der Waals surface area contributed by atoms with Crippen molar-refractivity contribution in [2.45, 2.75) is 76.9 Å². The summed E-state index contributed by atoms with van der Waals surface area (Å²) in [7, 11) is 1.63. The van der Waals surface area contributed by atoms with E-state index in [1.54, 1.807) is 41.2 Å². The SMILES string of the molecule is COc1cc2c(cc1OCc1cccc(COc3cc4c(cc3OC)C(=O)N3Cc5cc(N)ccc5C[C@H]3C(=O)N4COCC[Si](C)(C)C)n1)N=C[C@@H]1Cc3ccccc3CN1C2=O. The second-order valence-electron chi connectivity index (χ2n) is 17.8. The molecule has 0 aliphatic carbocycles. The number of anilines is 2. The molecule has 2 atom stereocenters. The first-order chi connectivity index (χ1) is 30.9. The Bertz CT molecular complexity index is 2680. The van der Waals surface area contributed by atoms with E-state index in [1.807, 2.05) is 59.6 Å². The summed E-state index contributed by atoms with van der Waals surface area (Å²) in [6.45, 7) is 8.17. The lowest BCUT2D eigenvalue weighted by atomic mass is 9.92. The number of nitrogens with zero attached hydrogens (tertiary/aromatic N) is 5. The fourth-order valence-electron chi connectivity index (χ4n) is 8.69. The van der Waals surface area contributed by atoms with Crippen molar-refractivity contribution in [3.63, 3.8) is 0 Å². The molecular formula is C49H52N6O8Si. The van der Waals surface area contributed by atoms with Crippen LogP contribution in [0.4, 0.5) is 17.1 Å². The fourth-order valence-corrected chi connectivity index (χ4v) is 9.45. The van der Waals surface area contributed by atoms with Crippen LogP contribution in [0.3, 0.4) is 0 Å². The molecule has 0 saturated carbocycles. The Balaban J connectivity index is 0.935. The third-order valence-electron chi connectivity index (χ3n) is 12.3. The van der Waals surface area contributed by atoms with E-state index in [0.717, 1.165) is 22.7 Å². The standard InChI is InChI=1S/C49H52N6O8Si/c1-59-43-20-38-40(51-24-37-18-30-9-6-7-10-32(30)25-53(37)47(38)56)22-45(43)62-27-35-11-8-12-36(52-35)28-63-46-23-41-39(21-44(46)60-2)48(57)54-26-33-17-34(50)14-13-31(33)19-42(54)49(58)55(41)29-61-15-16-64(3,4)5/h6-14,17,20-24,37,42H,15-16,18-19,25-29,50H2,1-5H3/t37-,42-/m0/s1. The summed E-state index contributed by atoms with van der Waals surface area (Å²) in [5, 5.41) is 0. The second-order valence-corrected chi connectivity index (χ2v) is 23.4. The molecule has 0 radical (unpaired) electrons. The molecule has 330 valence electrons. The highest BCUT2D eigenvalue weighted by atomic mass is 28.3. The Morgan fingerprint density at radius 1 is 0.703 bits per heavy atom. The van der Waals surface area contributed by atoms with Gasteiger partial charge in [0.05, 0.1) is 54.2 Å².